The molecule has 0 bridgehead atoms. The minimum Gasteiger partial charge on any atom is -0.327 e. The van der Waals surface area contributed by atoms with Crippen LogP contribution in [0.5, 0.6) is 0 Å². The van der Waals surface area contributed by atoms with Crippen molar-refractivity contribution in [3.63, 3.8) is 0 Å². The maximum atomic E-state index is 6.14. The fourth-order valence-electron chi connectivity index (χ4n) is 1.98. The van der Waals surface area contributed by atoms with E-state index in [4.69, 9.17) is 5.73 Å². The number of hydrogen-bond acceptors (Lipinski definition) is 3. The van der Waals surface area contributed by atoms with Crippen LogP contribution in [0.25, 0.3) is 0 Å². The van der Waals surface area contributed by atoms with Crippen LogP contribution in [0.1, 0.15) is 28.9 Å². The molecule has 1 aromatic carbocycles. The summed E-state index contributed by atoms with van der Waals surface area (Å²) in [5.41, 5.74) is 10.1. The van der Waals surface area contributed by atoms with Gasteiger partial charge in [0.1, 0.15) is 0 Å². The third-order valence-electron chi connectivity index (χ3n) is 2.93. The van der Waals surface area contributed by atoms with Crippen LogP contribution >= 0.6 is 23.1 Å². The second-order valence-electron chi connectivity index (χ2n) is 4.72. The van der Waals surface area contributed by atoms with Gasteiger partial charge in [-0.25, -0.2) is 0 Å². The van der Waals surface area contributed by atoms with E-state index in [-0.39, 0.29) is 6.04 Å². The SMILES string of the molecule is Cc1ccc(SC(c2ccsc2)C(C)N)c(C)c1. The molecule has 0 amide bonds. The highest BCUT2D eigenvalue weighted by molar-refractivity contribution is 7.99. The first-order chi connectivity index (χ1) is 8.58. The zero-order chi connectivity index (χ0) is 13.1. The molecule has 0 saturated heterocycles. The van der Waals surface area contributed by atoms with Crippen LogP contribution in [0.2, 0.25) is 0 Å². The second-order valence-corrected chi connectivity index (χ2v) is 6.69. The summed E-state index contributed by atoms with van der Waals surface area (Å²) in [5, 5.41) is 4.65. The van der Waals surface area contributed by atoms with Crippen LogP contribution in [0, 0.1) is 13.8 Å². The average molecular weight is 277 g/mol. The lowest BCUT2D eigenvalue weighted by molar-refractivity contribution is 0.723. The zero-order valence-electron chi connectivity index (χ0n) is 11.0. The highest BCUT2D eigenvalue weighted by Crippen LogP contribution is 2.39. The number of nitrogens with two attached hydrogens (primary N) is 1. The van der Waals surface area contributed by atoms with Crippen LogP contribution in [0.3, 0.4) is 0 Å². The lowest BCUT2D eigenvalue weighted by atomic mass is 10.1. The lowest BCUT2D eigenvalue weighted by Crippen LogP contribution is -2.22. The maximum Gasteiger partial charge on any atom is 0.0501 e. The predicted molar refractivity (Wildman–Crippen MR) is 82.5 cm³/mol. The summed E-state index contributed by atoms with van der Waals surface area (Å²) in [6, 6.07) is 8.92. The number of thiophene rings is 1. The van der Waals surface area contributed by atoms with Gasteiger partial charge >= 0.3 is 0 Å². The molecular formula is C15H19NS2. The molecule has 1 nitrogen and oxygen atoms in total. The summed E-state index contributed by atoms with van der Waals surface area (Å²) >= 11 is 3.61. The molecule has 0 saturated carbocycles. The number of benzene rings is 1. The third-order valence-corrected chi connectivity index (χ3v) is 5.30. The number of hydrogen-bond donors (Lipinski definition) is 1. The average Bonchev–Trinajstić information content (AvgIpc) is 2.80. The van der Waals surface area contributed by atoms with Crippen molar-refractivity contribution in [1.82, 2.24) is 0 Å². The fourth-order valence-corrected chi connectivity index (χ4v) is 3.93. The summed E-state index contributed by atoms with van der Waals surface area (Å²) in [5.74, 6) is 0. The topological polar surface area (TPSA) is 26.0 Å². The Labute approximate surface area is 117 Å². The Morgan fingerprint density at radius 1 is 1.22 bits per heavy atom. The molecule has 18 heavy (non-hydrogen) atoms. The van der Waals surface area contributed by atoms with E-state index in [2.05, 4.69) is 55.8 Å². The maximum absolute atomic E-state index is 6.14. The van der Waals surface area contributed by atoms with Gasteiger partial charge in [0.15, 0.2) is 0 Å². The Morgan fingerprint density at radius 2 is 2.00 bits per heavy atom. The van der Waals surface area contributed by atoms with E-state index >= 15 is 0 Å². The van der Waals surface area contributed by atoms with Crippen molar-refractivity contribution in [3.05, 3.63) is 51.7 Å². The van der Waals surface area contributed by atoms with Gasteiger partial charge in [-0.15, -0.1) is 11.8 Å². The van der Waals surface area contributed by atoms with Gasteiger partial charge in [0.25, 0.3) is 0 Å². The van der Waals surface area contributed by atoms with E-state index in [1.807, 2.05) is 11.8 Å². The summed E-state index contributed by atoms with van der Waals surface area (Å²) < 4.78 is 0. The van der Waals surface area contributed by atoms with Crippen LogP contribution in [0.4, 0.5) is 0 Å². The Balaban J connectivity index is 2.24. The van der Waals surface area contributed by atoms with Gasteiger partial charge in [-0.1, -0.05) is 17.7 Å². The Bertz CT molecular complexity index is 503. The second kappa shape index (κ2) is 5.91. The van der Waals surface area contributed by atoms with Crippen LogP contribution in [0.15, 0.2) is 39.9 Å². The number of aryl methyl sites for hydroxylation is 2. The molecule has 3 heteroatoms. The summed E-state index contributed by atoms with van der Waals surface area (Å²) in [4.78, 5) is 1.33. The van der Waals surface area contributed by atoms with Crippen molar-refractivity contribution >= 4 is 23.1 Å². The first-order valence-corrected chi connectivity index (χ1v) is 7.92. The number of rotatable bonds is 4. The smallest absolute Gasteiger partial charge is 0.0501 e. The minimum absolute atomic E-state index is 0.144. The summed E-state index contributed by atoms with van der Waals surface area (Å²) in [7, 11) is 0. The largest absolute Gasteiger partial charge is 0.327 e. The molecule has 0 radical (unpaired) electrons. The van der Waals surface area contributed by atoms with E-state index in [1.54, 1.807) is 11.3 Å². The van der Waals surface area contributed by atoms with Crippen LogP contribution < -0.4 is 5.73 Å². The van der Waals surface area contributed by atoms with Crippen molar-refractivity contribution in [2.75, 3.05) is 0 Å². The van der Waals surface area contributed by atoms with Crippen molar-refractivity contribution in [3.8, 4) is 0 Å². The summed E-state index contributed by atoms with van der Waals surface area (Å²) in [6.07, 6.45) is 0. The van der Waals surface area contributed by atoms with E-state index in [0.717, 1.165) is 0 Å². The monoisotopic (exact) mass is 277 g/mol. The lowest BCUT2D eigenvalue weighted by Gasteiger charge is -2.20. The fraction of sp³-hybridized carbons (Fsp3) is 0.333. The molecule has 0 spiro atoms. The van der Waals surface area contributed by atoms with Crippen LogP contribution in [-0.4, -0.2) is 6.04 Å². The highest BCUT2D eigenvalue weighted by Gasteiger charge is 2.18. The van der Waals surface area contributed by atoms with Gasteiger partial charge in [0, 0.05) is 10.9 Å². The molecule has 0 fully saturated rings. The van der Waals surface area contributed by atoms with Gasteiger partial charge in [-0.05, 0) is 54.8 Å². The van der Waals surface area contributed by atoms with Crippen molar-refractivity contribution < 1.29 is 0 Å². The number of thioether (sulfide) groups is 1. The Kier molecular flexibility index (Phi) is 4.49. The third kappa shape index (κ3) is 3.16. The quantitative estimate of drug-likeness (QED) is 0.830. The van der Waals surface area contributed by atoms with Gasteiger partial charge in [-0.3, -0.25) is 0 Å². The molecule has 1 heterocycles. The van der Waals surface area contributed by atoms with Crippen LogP contribution in [-0.2, 0) is 0 Å². The molecule has 0 aliphatic rings. The van der Waals surface area contributed by atoms with Crippen molar-refractivity contribution in [2.24, 2.45) is 5.73 Å². The molecular weight excluding hydrogens is 258 g/mol. The van der Waals surface area contributed by atoms with Gasteiger partial charge < -0.3 is 5.73 Å². The molecule has 1 aromatic heterocycles. The normalized spacial score (nSPS) is 14.4. The zero-order valence-corrected chi connectivity index (χ0v) is 12.6. The standard InChI is InChI=1S/C15H19NS2/c1-10-4-5-14(11(2)8-10)18-15(12(3)16)13-6-7-17-9-13/h4-9,12,15H,16H2,1-3H3. The molecule has 2 N–H and O–H groups in total. The van der Waals surface area contributed by atoms with Gasteiger partial charge in [0.2, 0.25) is 0 Å². The molecule has 96 valence electrons. The molecule has 2 unspecified atom stereocenters. The Morgan fingerprint density at radius 3 is 2.56 bits per heavy atom. The van der Waals surface area contributed by atoms with E-state index in [1.165, 1.54) is 21.6 Å². The first-order valence-electron chi connectivity index (χ1n) is 6.09. The molecule has 0 aliphatic carbocycles. The predicted octanol–water partition coefficient (Wildman–Crippen LogP) is 4.55. The van der Waals surface area contributed by atoms with Crippen molar-refractivity contribution in [2.45, 2.75) is 37.0 Å². The molecule has 0 aliphatic heterocycles. The van der Waals surface area contributed by atoms with Crippen molar-refractivity contribution in [1.29, 1.82) is 0 Å². The molecule has 2 rings (SSSR count). The van der Waals surface area contributed by atoms with E-state index in [9.17, 15) is 0 Å². The van der Waals surface area contributed by atoms with Gasteiger partial charge in [0.05, 0.1) is 5.25 Å². The van der Waals surface area contributed by atoms with E-state index < -0.39 is 0 Å². The van der Waals surface area contributed by atoms with Gasteiger partial charge in [-0.2, -0.15) is 11.3 Å². The molecule has 2 atom stereocenters. The molecule has 2 aromatic rings. The van der Waals surface area contributed by atoms with E-state index in [0.29, 0.717) is 5.25 Å². The summed E-state index contributed by atoms with van der Waals surface area (Å²) in [6.45, 7) is 6.38. The Hall–Kier alpha value is -0.770. The minimum atomic E-state index is 0.144. The first kappa shape index (κ1) is 13.7. The highest BCUT2D eigenvalue weighted by atomic mass is 32.2.